The van der Waals surface area contributed by atoms with Gasteiger partial charge in [0.1, 0.15) is 15.6 Å². The Morgan fingerprint density at radius 2 is 2.30 bits per heavy atom. The predicted octanol–water partition coefficient (Wildman–Crippen LogP) is -0.114. The zero-order chi connectivity index (χ0) is 14.8. The van der Waals surface area contributed by atoms with Gasteiger partial charge in [0.15, 0.2) is 5.82 Å². The third kappa shape index (κ3) is 3.15. The van der Waals surface area contributed by atoms with Gasteiger partial charge in [-0.1, -0.05) is 17.4 Å². The van der Waals surface area contributed by atoms with Crippen LogP contribution in [0.2, 0.25) is 0 Å². The Labute approximate surface area is 120 Å². The molecule has 0 saturated carbocycles. The molecule has 0 radical (unpaired) electrons. The number of hydrogen-bond donors (Lipinski definition) is 2. The largest absolute Gasteiger partial charge is 0.388 e. The van der Waals surface area contributed by atoms with Crippen LogP contribution in [0.15, 0.2) is 27.7 Å². The molecule has 10 heteroatoms. The van der Waals surface area contributed by atoms with Crippen LogP contribution in [0, 0.1) is 6.92 Å². The highest BCUT2D eigenvalue weighted by molar-refractivity contribution is 7.89. The third-order valence-electron chi connectivity index (χ3n) is 2.28. The van der Waals surface area contributed by atoms with Crippen molar-refractivity contribution in [3.05, 3.63) is 35.7 Å². The fraction of sp³-hybridized carbons (Fsp3) is 0.200. The quantitative estimate of drug-likeness (QED) is 0.732. The number of nitrogens with zero attached hydrogens (tertiary/aromatic N) is 3. The summed E-state index contributed by atoms with van der Waals surface area (Å²) in [6.07, 6.45) is 1.41. The highest BCUT2D eigenvalue weighted by Gasteiger charge is 2.21. The van der Waals surface area contributed by atoms with Crippen molar-refractivity contribution in [2.45, 2.75) is 18.4 Å². The summed E-state index contributed by atoms with van der Waals surface area (Å²) < 4.78 is 31.5. The van der Waals surface area contributed by atoms with E-state index in [4.69, 9.17) is 22.5 Å². The first kappa shape index (κ1) is 14.5. The number of rotatable bonds is 5. The lowest BCUT2D eigenvalue weighted by Crippen LogP contribution is -2.27. The molecule has 0 amide bonds. The molecule has 0 aromatic carbocycles. The van der Waals surface area contributed by atoms with E-state index >= 15 is 0 Å². The second-order valence-corrected chi connectivity index (χ2v) is 5.94. The van der Waals surface area contributed by atoms with Crippen LogP contribution in [0.25, 0.3) is 0 Å². The van der Waals surface area contributed by atoms with Crippen LogP contribution in [0.5, 0.6) is 0 Å². The lowest BCUT2D eigenvalue weighted by molar-refractivity contribution is 0.387. The van der Waals surface area contributed by atoms with E-state index < -0.39 is 10.0 Å². The molecule has 0 spiro atoms. The summed E-state index contributed by atoms with van der Waals surface area (Å²) in [6.45, 7) is 1.50. The van der Waals surface area contributed by atoms with Crippen LogP contribution in [-0.4, -0.2) is 28.5 Å². The second kappa shape index (κ2) is 5.61. The number of nitrogens with two attached hydrogens (primary N) is 1. The molecule has 0 aliphatic heterocycles. The molecule has 0 fully saturated rings. The number of hydrogen-bond acceptors (Lipinski definition) is 7. The van der Waals surface area contributed by atoms with Gasteiger partial charge in [-0.05, 0) is 12.1 Å². The van der Waals surface area contributed by atoms with Crippen LogP contribution < -0.4 is 10.5 Å². The molecule has 0 aliphatic carbocycles. The first-order valence-electron chi connectivity index (χ1n) is 5.44. The summed E-state index contributed by atoms with van der Waals surface area (Å²) in [5, 5.41) is 3.59. The van der Waals surface area contributed by atoms with Gasteiger partial charge in [0.25, 0.3) is 0 Å². The maximum atomic E-state index is 12.2. The van der Waals surface area contributed by atoms with Crippen molar-refractivity contribution in [1.29, 1.82) is 0 Å². The van der Waals surface area contributed by atoms with Gasteiger partial charge in [-0.3, -0.25) is 4.98 Å². The summed E-state index contributed by atoms with van der Waals surface area (Å²) in [6, 6.07) is 2.85. The van der Waals surface area contributed by atoms with Gasteiger partial charge in [0.2, 0.25) is 15.9 Å². The Morgan fingerprint density at radius 3 is 2.90 bits per heavy atom. The average Bonchev–Trinajstić information content (AvgIpc) is 2.82. The smallest absolute Gasteiger partial charge is 0.243 e. The molecular weight excluding hydrogens is 302 g/mol. The highest BCUT2D eigenvalue weighted by Crippen LogP contribution is 2.13. The van der Waals surface area contributed by atoms with Crippen LogP contribution in [0.4, 0.5) is 0 Å². The van der Waals surface area contributed by atoms with E-state index in [0.29, 0.717) is 5.89 Å². The van der Waals surface area contributed by atoms with Gasteiger partial charge < -0.3 is 10.3 Å². The van der Waals surface area contributed by atoms with Gasteiger partial charge >= 0.3 is 0 Å². The van der Waals surface area contributed by atoms with E-state index in [1.54, 1.807) is 6.92 Å². The first-order valence-corrected chi connectivity index (χ1v) is 7.33. The second-order valence-electron chi connectivity index (χ2n) is 3.77. The number of aromatic nitrogens is 3. The van der Waals surface area contributed by atoms with Crippen molar-refractivity contribution in [2.75, 3.05) is 0 Å². The van der Waals surface area contributed by atoms with E-state index in [1.165, 1.54) is 18.3 Å². The number of sulfonamides is 1. The zero-order valence-corrected chi connectivity index (χ0v) is 12.0. The Bertz CT molecular complexity index is 741. The van der Waals surface area contributed by atoms with Crippen molar-refractivity contribution < 1.29 is 12.9 Å². The topological polar surface area (TPSA) is 124 Å². The minimum Gasteiger partial charge on any atom is -0.388 e. The molecule has 106 valence electrons. The van der Waals surface area contributed by atoms with Crippen molar-refractivity contribution in [3.8, 4) is 0 Å². The summed E-state index contributed by atoms with van der Waals surface area (Å²) in [4.78, 5) is 7.58. The fourth-order valence-electron chi connectivity index (χ4n) is 1.44. The van der Waals surface area contributed by atoms with Crippen LogP contribution in [-0.2, 0) is 16.6 Å². The fourth-order valence-corrected chi connectivity index (χ4v) is 2.82. The predicted molar refractivity (Wildman–Crippen MR) is 73.2 cm³/mol. The number of aryl methyl sites for hydroxylation is 1. The molecule has 2 rings (SSSR count). The zero-order valence-electron chi connectivity index (χ0n) is 10.4. The van der Waals surface area contributed by atoms with Crippen molar-refractivity contribution in [3.63, 3.8) is 0 Å². The highest BCUT2D eigenvalue weighted by atomic mass is 32.2. The first-order chi connectivity index (χ1) is 9.40. The number of thiocarbonyl (C=S) groups is 1. The molecule has 0 aliphatic rings. The van der Waals surface area contributed by atoms with E-state index in [1.807, 2.05) is 0 Å². The minimum atomic E-state index is -3.83. The van der Waals surface area contributed by atoms with Crippen LogP contribution in [0.1, 0.15) is 17.4 Å². The van der Waals surface area contributed by atoms with Gasteiger partial charge in [0.05, 0.1) is 6.54 Å². The summed E-state index contributed by atoms with van der Waals surface area (Å²) >= 11 is 4.78. The molecule has 20 heavy (non-hydrogen) atoms. The summed E-state index contributed by atoms with van der Waals surface area (Å²) in [5.74, 6) is 0.580. The minimum absolute atomic E-state index is 0.0410. The maximum absolute atomic E-state index is 12.2. The van der Waals surface area contributed by atoms with E-state index in [9.17, 15) is 8.42 Å². The molecule has 3 N–H and O–H groups in total. The van der Waals surface area contributed by atoms with Crippen LogP contribution >= 0.6 is 12.2 Å². The Balaban J connectivity index is 2.25. The van der Waals surface area contributed by atoms with E-state index in [-0.39, 0.29) is 27.9 Å². The molecule has 0 unspecified atom stereocenters. The van der Waals surface area contributed by atoms with Crippen molar-refractivity contribution >= 4 is 27.2 Å². The third-order valence-corrected chi connectivity index (χ3v) is 3.91. The maximum Gasteiger partial charge on any atom is 0.243 e. The van der Waals surface area contributed by atoms with Gasteiger partial charge in [-0.25, -0.2) is 13.1 Å². The molecule has 2 aromatic rings. The average molecular weight is 313 g/mol. The summed E-state index contributed by atoms with van der Waals surface area (Å²) in [7, 11) is -3.83. The molecule has 2 aromatic heterocycles. The Hall–Kier alpha value is -1.91. The Kier molecular flexibility index (Phi) is 4.06. The standard InChI is InChI=1S/C10H11N5O3S2/c1-6-14-8(15-18-6)5-13-20(16,17)7-3-2-4-12-9(7)10(11)19/h2-4,13H,5H2,1H3,(H2,11,19). The van der Waals surface area contributed by atoms with E-state index in [0.717, 1.165) is 0 Å². The lowest BCUT2D eigenvalue weighted by Gasteiger charge is -2.08. The molecular formula is C10H11N5O3S2. The Morgan fingerprint density at radius 1 is 1.55 bits per heavy atom. The SMILES string of the molecule is Cc1nc(CNS(=O)(=O)c2cccnc2C(N)=S)no1. The van der Waals surface area contributed by atoms with Gasteiger partial charge in [0, 0.05) is 13.1 Å². The monoisotopic (exact) mass is 313 g/mol. The van der Waals surface area contributed by atoms with Gasteiger partial charge in [-0.2, -0.15) is 4.98 Å². The number of nitrogens with one attached hydrogen (secondary N) is 1. The van der Waals surface area contributed by atoms with Crippen LogP contribution in [0.3, 0.4) is 0 Å². The lowest BCUT2D eigenvalue weighted by atomic mass is 10.3. The molecule has 0 atom stereocenters. The van der Waals surface area contributed by atoms with Gasteiger partial charge in [-0.15, -0.1) is 0 Å². The molecule has 2 heterocycles. The number of pyridine rings is 1. The normalized spacial score (nSPS) is 11.4. The molecule has 0 saturated heterocycles. The molecule has 8 nitrogen and oxygen atoms in total. The molecule has 0 bridgehead atoms. The van der Waals surface area contributed by atoms with Crippen molar-refractivity contribution in [2.24, 2.45) is 5.73 Å². The summed E-state index contributed by atoms with van der Waals surface area (Å²) in [5.41, 5.74) is 5.50. The van der Waals surface area contributed by atoms with Crippen molar-refractivity contribution in [1.82, 2.24) is 19.8 Å². The van der Waals surface area contributed by atoms with E-state index in [2.05, 4.69) is 19.8 Å².